The summed E-state index contributed by atoms with van der Waals surface area (Å²) in [6.45, 7) is 2.77. The zero-order valence-corrected chi connectivity index (χ0v) is 15.1. The summed E-state index contributed by atoms with van der Waals surface area (Å²) in [6.07, 6.45) is 5.48. The summed E-state index contributed by atoms with van der Waals surface area (Å²) < 4.78 is 5.33. The highest BCUT2D eigenvalue weighted by Crippen LogP contribution is 2.33. The number of carbonyl (C=O) groups is 2. The van der Waals surface area contributed by atoms with Gasteiger partial charge in [0.2, 0.25) is 11.8 Å². The molecule has 0 aromatic heterocycles. The maximum absolute atomic E-state index is 12.7. The molecule has 0 unspecified atom stereocenters. The molecule has 1 aliphatic heterocycles. The maximum atomic E-state index is 12.7. The maximum Gasteiger partial charge on any atom is 0.227 e. The summed E-state index contributed by atoms with van der Waals surface area (Å²) in [5.41, 5.74) is 0.914. The van der Waals surface area contributed by atoms with Crippen LogP contribution in [0, 0.1) is 5.92 Å². The predicted octanol–water partition coefficient (Wildman–Crippen LogP) is 2.49. The minimum Gasteiger partial charge on any atom is -0.496 e. The molecular formula is C20H28N2O3. The topological polar surface area (TPSA) is 49.9 Å². The van der Waals surface area contributed by atoms with E-state index >= 15 is 0 Å². The zero-order chi connectivity index (χ0) is 17.6. The fourth-order valence-corrected chi connectivity index (χ4v) is 3.43. The fourth-order valence-electron chi connectivity index (χ4n) is 3.43. The van der Waals surface area contributed by atoms with Crippen molar-refractivity contribution in [2.75, 3.05) is 33.3 Å². The van der Waals surface area contributed by atoms with Crippen LogP contribution in [0.4, 0.5) is 0 Å². The van der Waals surface area contributed by atoms with E-state index in [2.05, 4.69) is 0 Å². The van der Waals surface area contributed by atoms with E-state index in [0.29, 0.717) is 25.9 Å². The van der Waals surface area contributed by atoms with Gasteiger partial charge in [0.05, 0.1) is 13.5 Å². The number of methoxy groups -OCH3 is 1. The molecule has 2 aliphatic rings. The molecule has 2 amide bonds. The van der Waals surface area contributed by atoms with Gasteiger partial charge in [-0.05, 0) is 24.8 Å². The summed E-state index contributed by atoms with van der Waals surface area (Å²) in [7, 11) is 1.63. The normalized spacial score (nSPS) is 18.0. The van der Waals surface area contributed by atoms with Gasteiger partial charge in [-0.2, -0.15) is 0 Å². The van der Waals surface area contributed by atoms with Crippen molar-refractivity contribution in [1.82, 2.24) is 9.80 Å². The molecule has 1 aliphatic carbocycles. The van der Waals surface area contributed by atoms with Crippen LogP contribution < -0.4 is 4.74 Å². The molecule has 1 saturated heterocycles. The van der Waals surface area contributed by atoms with E-state index in [4.69, 9.17) is 4.74 Å². The first-order chi connectivity index (χ1) is 12.2. The summed E-state index contributed by atoms with van der Waals surface area (Å²) in [4.78, 5) is 28.8. The first-order valence-electron chi connectivity index (χ1n) is 9.35. The molecule has 0 atom stereocenters. The highest BCUT2D eigenvalue weighted by Gasteiger charge is 2.25. The zero-order valence-electron chi connectivity index (χ0n) is 15.1. The Labute approximate surface area is 149 Å². The van der Waals surface area contributed by atoms with E-state index in [-0.39, 0.29) is 11.8 Å². The Bertz CT molecular complexity index is 613. The first-order valence-corrected chi connectivity index (χ1v) is 9.35. The number of para-hydroxylation sites is 1. The van der Waals surface area contributed by atoms with Crippen molar-refractivity contribution < 1.29 is 14.3 Å². The Hall–Kier alpha value is -2.04. The van der Waals surface area contributed by atoms with Gasteiger partial charge in [-0.3, -0.25) is 9.59 Å². The second kappa shape index (κ2) is 8.37. The quantitative estimate of drug-likeness (QED) is 0.797. The molecule has 136 valence electrons. The van der Waals surface area contributed by atoms with Crippen LogP contribution in [0.15, 0.2) is 24.3 Å². The van der Waals surface area contributed by atoms with Crippen LogP contribution in [0.25, 0.3) is 0 Å². The minimum absolute atomic E-state index is 0.108. The van der Waals surface area contributed by atoms with Crippen LogP contribution in [0.3, 0.4) is 0 Å². The summed E-state index contributed by atoms with van der Waals surface area (Å²) in [6, 6.07) is 7.64. The number of hydrogen-bond acceptors (Lipinski definition) is 3. The van der Waals surface area contributed by atoms with Crippen LogP contribution in [0.2, 0.25) is 0 Å². The van der Waals surface area contributed by atoms with Gasteiger partial charge >= 0.3 is 0 Å². The number of benzene rings is 1. The Balaban J connectivity index is 1.51. The first kappa shape index (κ1) is 17.8. The van der Waals surface area contributed by atoms with E-state index in [9.17, 15) is 9.59 Å². The number of hydrogen-bond donors (Lipinski definition) is 0. The molecule has 1 aromatic rings. The van der Waals surface area contributed by atoms with Crippen LogP contribution in [0.5, 0.6) is 5.75 Å². The van der Waals surface area contributed by atoms with Gasteiger partial charge in [0, 0.05) is 38.2 Å². The Morgan fingerprint density at radius 1 is 1.04 bits per heavy atom. The van der Waals surface area contributed by atoms with Crippen LogP contribution in [-0.4, -0.2) is 54.9 Å². The number of amides is 2. The van der Waals surface area contributed by atoms with Crippen LogP contribution in [-0.2, 0) is 16.0 Å². The summed E-state index contributed by atoms with van der Waals surface area (Å²) in [5, 5.41) is 0. The lowest BCUT2D eigenvalue weighted by Crippen LogP contribution is -2.38. The third-order valence-corrected chi connectivity index (χ3v) is 5.20. The van der Waals surface area contributed by atoms with Gasteiger partial charge in [0.15, 0.2) is 0 Å². The Morgan fingerprint density at radius 3 is 2.40 bits per heavy atom. The van der Waals surface area contributed by atoms with E-state index < -0.39 is 0 Å². The monoisotopic (exact) mass is 344 g/mol. The minimum atomic E-state index is 0.108. The van der Waals surface area contributed by atoms with Crippen molar-refractivity contribution in [2.45, 2.75) is 38.5 Å². The van der Waals surface area contributed by atoms with Crippen LogP contribution in [0.1, 0.15) is 37.7 Å². The van der Waals surface area contributed by atoms with Crippen molar-refractivity contribution in [1.29, 1.82) is 0 Å². The van der Waals surface area contributed by atoms with Gasteiger partial charge < -0.3 is 14.5 Å². The SMILES string of the molecule is COc1ccccc1CC(=O)N1CCCN(C(=O)CCC2CC2)CC1. The second-order valence-electron chi connectivity index (χ2n) is 7.09. The van der Waals surface area contributed by atoms with Gasteiger partial charge in [-0.25, -0.2) is 0 Å². The van der Waals surface area contributed by atoms with Crippen molar-refractivity contribution in [2.24, 2.45) is 5.92 Å². The van der Waals surface area contributed by atoms with Crippen molar-refractivity contribution in [3.63, 3.8) is 0 Å². The second-order valence-corrected chi connectivity index (χ2v) is 7.09. The molecule has 0 N–H and O–H groups in total. The molecule has 1 saturated carbocycles. The van der Waals surface area contributed by atoms with E-state index in [0.717, 1.165) is 43.2 Å². The molecule has 3 rings (SSSR count). The van der Waals surface area contributed by atoms with Gasteiger partial charge in [0.25, 0.3) is 0 Å². The predicted molar refractivity (Wildman–Crippen MR) is 96.4 cm³/mol. The average Bonchev–Trinajstić information content (AvgIpc) is 3.46. The summed E-state index contributed by atoms with van der Waals surface area (Å²) in [5.74, 6) is 1.90. The van der Waals surface area contributed by atoms with E-state index in [1.165, 1.54) is 12.8 Å². The number of rotatable bonds is 6. The molecule has 1 heterocycles. The highest BCUT2D eigenvalue weighted by molar-refractivity contribution is 5.80. The van der Waals surface area contributed by atoms with Gasteiger partial charge in [0.1, 0.15) is 5.75 Å². The average molecular weight is 344 g/mol. The Kier molecular flexibility index (Phi) is 5.95. The van der Waals surface area contributed by atoms with E-state index in [1.54, 1.807) is 7.11 Å². The molecule has 2 fully saturated rings. The highest BCUT2D eigenvalue weighted by atomic mass is 16.5. The molecule has 1 aromatic carbocycles. The van der Waals surface area contributed by atoms with Crippen molar-refractivity contribution in [3.8, 4) is 5.75 Å². The van der Waals surface area contributed by atoms with Gasteiger partial charge in [-0.1, -0.05) is 31.0 Å². The van der Waals surface area contributed by atoms with Crippen LogP contribution >= 0.6 is 0 Å². The fraction of sp³-hybridized carbons (Fsp3) is 0.600. The lowest BCUT2D eigenvalue weighted by atomic mass is 10.1. The lowest BCUT2D eigenvalue weighted by molar-refractivity contribution is -0.133. The molecule has 5 nitrogen and oxygen atoms in total. The van der Waals surface area contributed by atoms with Crippen molar-refractivity contribution >= 4 is 11.8 Å². The third-order valence-electron chi connectivity index (χ3n) is 5.20. The van der Waals surface area contributed by atoms with Crippen molar-refractivity contribution in [3.05, 3.63) is 29.8 Å². The molecule has 0 bridgehead atoms. The molecule has 0 radical (unpaired) electrons. The van der Waals surface area contributed by atoms with Gasteiger partial charge in [-0.15, -0.1) is 0 Å². The number of nitrogens with zero attached hydrogens (tertiary/aromatic N) is 2. The smallest absolute Gasteiger partial charge is 0.227 e. The number of carbonyl (C=O) groups excluding carboxylic acids is 2. The lowest BCUT2D eigenvalue weighted by Gasteiger charge is -2.22. The Morgan fingerprint density at radius 2 is 1.72 bits per heavy atom. The largest absolute Gasteiger partial charge is 0.496 e. The third kappa shape index (κ3) is 4.97. The summed E-state index contributed by atoms with van der Waals surface area (Å²) >= 11 is 0. The standard InChI is InChI=1S/C20H28N2O3/c1-25-18-6-3-2-5-17(18)15-20(24)22-12-4-11-21(13-14-22)19(23)10-9-16-7-8-16/h2-3,5-6,16H,4,7-15H2,1H3. The molecule has 25 heavy (non-hydrogen) atoms. The van der Waals surface area contributed by atoms with E-state index in [1.807, 2.05) is 34.1 Å². The molecular weight excluding hydrogens is 316 g/mol. The number of ether oxygens (including phenoxy) is 1. The molecule has 0 spiro atoms. The molecule has 5 heteroatoms.